The third-order valence-electron chi connectivity index (χ3n) is 2.51. The van der Waals surface area contributed by atoms with Gasteiger partial charge in [0.25, 0.3) is 0 Å². The highest BCUT2D eigenvalue weighted by Crippen LogP contribution is 2.20. The van der Waals surface area contributed by atoms with Crippen molar-refractivity contribution in [1.82, 2.24) is 24.6 Å². The highest BCUT2D eigenvalue weighted by atomic mass is 35.5. The minimum Gasteiger partial charge on any atom is -0.309 e. The molecule has 2 aromatic rings. The molecule has 5 nitrogen and oxygen atoms in total. The molecule has 0 aliphatic rings. The van der Waals surface area contributed by atoms with Crippen LogP contribution in [-0.4, -0.2) is 51.0 Å². The molecule has 0 aliphatic heterocycles. The number of hydrogen-bond donors (Lipinski definition) is 0. The Hall–Kier alpha value is -0.850. The van der Waals surface area contributed by atoms with Crippen LogP contribution < -0.4 is 0 Å². The first kappa shape index (κ1) is 13.6. The monoisotopic (exact) mass is 285 g/mol. The molecule has 0 radical (unpaired) electrons. The van der Waals surface area contributed by atoms with Gasteiger partial charge in [0.05, 0.1) is 17.3 Å². The molecular formula is C11H16ClN5S. The highest BCUT2D eigenvalue weighted by molar-refractivity contribution is 7.98. The zero-order valence-electron chi connectivity index (χ0n) is 10.7. The normalized spacial score (nSPS) is 11.6. The van der Waals surface area contributed by atoms with Crippen LogP contribution in [0.3, 0.4) is 0 Å². The van der Waals surface area contributed by atoms with Gasteiger partial charge in [0, 0.05) is 19.3 Å². The Balaban J connectivity index is 2.07. The summed E-state index contributed by atoms with van der Waals surface area (Å²) in [7, 11) is 5.99. The van der Waals surface area contributed by atoms with Gasteiger partial charge in [-0.15, -0.1) is 0 Å². The number of nitrogens with zero attached hydrogens (tertiary/aromatic N) is 5. The van der Waals surface area contributed by atoms with Crippen LogP contribution >= 0.6 is 23.4 Å². The molecule has 7 heteroatoms. The van der Waals surface area contributed by atoms with Gasteiger partial charge in [-0.25, -0.2) is 9.97 Å². The third kappa shape index (κ3) is 3.13. The van der Waals surface area contributed by atoms with Gasteiger partial charge >= 0.3 is 0 Å². The van der Waals surface area contributed by atoms with E-state index < -0.39 is 0 Å². The molecule has 0 fully saturated rings. The first-order chi connectivity index (χ1) is 8.58. The summed E-state index contributed by atoms with van der Waals surface area (Å²) in [5.74, 6) is 2.59. The molecule has 0 unspecified atom stereocenters. The Morgan fingerprint density at radius 2 is 2.17 bits per heavy atom. The molecule has 0 aromatic carbocycles. The summed E-state index contributed by atoms with van der Waals surface area (Å²) in [6, 6.07) is 0. The van der Waals surface area contributed by atoms with Crippen LogP contribution in [0.25, 0.3) is 11.0 Å². The summed E-state index contributed by atoms with van der Waals surface area (Å²) in [5.41, 5.74) is 0.790. The molecule has 0 bridgehead atoms. The molecule has 0 aliphatic carbocycles. The van der Waals surface area contributed by atoms with Crippen LogP contribution in [0.5, 0.6) is 0 Å². The predicted molar refractivity (Wildman–Crippen MR) is 76.0 cm³/mol. The van der Waals surface area contributed by atoms with E-state index in [1.807, 2.05) is 7.05 Å². The van der Waals surface area contributed by atoms with E-state index in [-0.39, 0.29) is 0 Å². The second kappa shape index (κ2) is 5.86. The standard InChI is InChI=1S/C11H16ClN5S/c1-16(2)4-5-18-7-9-14-10(12)8-6-13-17(3)11(8)15-9/h6H,4-5,7H2,1-3H3. The van der Waals surface area contributed by atoms with Crippen LogP contribution in [0, 0.1) is 0 Å². The average molecular weight is 286 g/mol. The molecule has 0 N–H and O–H groups in total. The van der Waals surface area contributed by atoms with Crippen molar-refractivity contribution < 1.29 is 0 Å². The Kier molecular flexibility index (Phi) is 4.42. The summed E-state index contributed by atoms with van der Waals surface area (Å²) >= 11 is 7.92. The van der Waals surface area contributed by atoms with Gasteiger partial charge in [-0.1, -0.05) is 11.6 Å². The molecule has 2 aromatic heterocycles. The quantitative estimate of drug-likeness (QED) is 0.619. The fourth-order valence-corrected chi connectivity index (χ4v) is 2.69. The Labute approximate surface area is 116 Å². The first-order valence-corrected chi connectivity index (χ1v) is 7.18. The minimum absolute atomic E-state index is 0.483. The maximum Gasteiger partial charge on any atom is 0.162 e. The third-order valence-corrected chi connectivity index (χ3v) is 3.73. The van der Waals surface area contributed by atoms with Crippen LogP contribution in [0.2, 0.25) is 5.15 Å². The predicted octanol–water partition coefficient (Wildman–Crippen LogP) is 1.81. The van der Waals surface area contributed by atoms with E-state index in [0.717, 1.165) is 34.9 Å². The maximum absolute atomic E-state index is 6.12. The highest BCUT2D eigenvalue weighted by Gasteiger charge is 2.09. The number of halogens is 1. The molecular weight excluding hydrogens is 270 g/mol. The van der Waals surface area contributed by atoms with Crippen molar-refractivity contribution >= 4 is 34.4 Å². The van der Waals surface area contributed by atoms with Gasteiger partial charge in [-0.2, -0.15) is 16.9 Å². The summed E-state index contributed by atoms with van der Waals surface area (Å²) in [6.45, 7) is 1.05. The zero-order valence-corrected chi connectivity index (χ0v) is 12.3. The van der Waals surface area contributed by atoms with Crippen molar-refractivity contribution in [1.29, 1.82) is 0 Å². The molecule has 0 amide bonds. The summed E-state index contributed by atoms with van der Waals surface area (Å²) in [6.07, 6.45) is 1.70. The fourth-order valence-electron chi connectivity index (χ4n) is 1.51. The molecule has 2 rings (SSSR count). The lowest BCUT2D eigenvalue weighted by atomic mass is 10.4. The number of aromatic nitrogens is 4. The zero-order chi connectivity index (χ0) is 13.1. The van der Waals surface area contributed by atoms with Gasteiger partial charge in [-0.05, 0) is 14.1 Å². The van der Waals surface area contributed by atoms with Gasteiger partial charge in [0.2, 0.25) is 0 Å². The molecule has 2 heterocycles. The smallest absolute Gasteiger partial charge is 0.162 e. The number of aryl methyl sites for hydroxylation is 1. The van der Waals surface area contributed by atoms with E-state index in [1.54, 1.807) is 22.6 Å². The number of thioether (sulfide) groups is 1. The Bertz CT molecular complexity index is 539. The largest absolute Gasteiger partial charge is 0.309 e. The van der Waals surface area contributed by atoms with Crippen LogP contribution in [0.15, 0.2) is 6.20 Å². The maximum atomic E-state index is 6.12. The van der Waals surface area contributed by atoms with E-state index in [4.69, 9.17) is 11.6 Å². The van der Waals surface area contributed by atoms with Gasteiger partial charge in [0.1, 0.15) is 11.0 Å². The van der Waals surface area contributed by atoms with E-state index in [2.05, 4.69) is 34.1 Å². The molecule has 0 atom stereocenters. The second-order valence-electron chi connectivity index (χ2n) is 4.29. The number of hydrogen-bond acceptors (Lipinski definition) is 5. The topological polar surface area (TPSA) is 46.8 Å². The van der Waals surface area contributed by atoms with Gasteiger partial charge in [-0.3, -0.25) is 4.68 Å². The van der Waals surface area contributed by atoms with Gasteiger partial charge < -0.3 is 4.90 Å². The van der Waals surface area contributed by atoms with Gasteiger partial charge in [0.15, 0.2) is 5.65 Å². The van der Waals surface area contributed by atoms with Crippen LogP contribution in [-0.2, 0) is 12.8 Å². The number of rotatable bonds is 5. The molecule has 98 valence electrons. The SMILES string of the molecule is CN(C)CCSCc1nc(Cl)c2cnn(C)c2n1. The fraction of sp³-hybridized carbons (Fsp3) is 0.545. The lowest BCUT2D eigenvalue weighted by Crippen LogP contribution is -2.15. The van der Waals surface area contributed by atoms with Crippen LogP contribution in [0.1, 0.15) is 5.82 Å². The molecule has 0 saturated carbocycles. The minimum atomic E-state index is 0.483. The second-order valence-corrected chi connectivity index (χ2v) is 5.76. The van der Waals surface area contributed by atoms with Crippen molar-refractivity contribution in [2.24, 2.45) is 7.05 Å². The summed E-state index contributed by atoms with van der Waals surface area (Å²) in [5, 5.41) is 5.42. The van der Waals surface area contributed by atoms with Crippen molar-refractivity contribution in [3.05, 3.63) is 17.2 Å². The van der Waals surface area contributed by atoms with Crippen LogP contribution in [0.4, 0.5) is 0 Å². The van der Waals surface area contributed by atoms with E-state index >= 15 is 0 Å². The van der Waals surface area contributed by atoms with Crippen molar-refractivity contribution in [2.45, 2.75) is 5.75 Å². The first-order valence-electron chi connectivity index (χ1n) is 5.64. The molecule has 0 spiro atoms. The average Bonchev–Trinajstić information content (AvgIpc) is 2.67. The van der Waals surface area contributed by atoms with E-state index in [9.17, 15) is 0 Å². The summed E-state index contributed by atoms with van der Waals surface area (Å²) in [4.78, 5) is 10.9. The Morgan fingerprint density at radius 3 is 2.89 bits per heavy atom. The summed E-state index contributed by atoms with van der Waals surface area (Å²) < 4.78 is 1.72. The van der Waals surface area contributed by atoms with E-state index in [0.29, 0.717) is 5.15 Å². The van der Waals surface area contributed by atoms with E-state index in [1.165, 1.54) is 0 Å². The Morgan fingerprint density at radius 1 is 1.39 bits per heavy atom. The molecule has 0 saturated heterocycles. The van der Waals surface area contributed by atoms with Crippen molar-refractivity contribution in [3.8, 4) is 0 Å². The lowest BCUT2D eigenvalue weighted by molar-refractivity contribution is 0.437. The number of fused-ring (bicyclic) bond motifs is 1. The van der Waals surface area contributed by atoms with Crippen molar-refractivity contribution in [3.63, 3.8) is 0 Å². The molecule has 18 heavy (non-hydrogen) atoms. The lowest BCUT2D eigenvalue weighted by Gasteiger charge is -2.08. The van der Waals surface area contributed by atoms with Crippen molar-refractivity contribution in [2.75, 3.05) is 26.4 Å².